The Bertz CT molecular complexity index is 2030. The lowest BCUT2D eigenvalue weighted by Gasteiger charge is -2.42. The predicted molar refractivity (Wildman–Crippen MR) is 201 cm³/mol. The predicted octanol–water partition coefficient (Wildman–Crippen LogP) is 5.22. The molecule has 6 rings (SSSR count). The van der Waals surface area contributed by atoms with E-state index in [4.69, 9.17) is 9.47 Å². The number of alkyl halides is 2. The zero-order chi connectivity index (χ0) is 41.0. The summed E-state index contributed by atoms with van der Waals surface area (Å²) >= 11 is 0. The van der Waals surface area contributed by atoms with Crippen molar-refractivity contribution >= 4 is 44.6 Å². The molecule has 2 aliphatic carbocycles. The van der Waals surface area contributed by atoms with Crippen LogP contribution in [0.4, 0.5) is 13.6 Å². The molecular formula is C39H51F2N5O9S. The second-order valence-corrected chi connectivity index (χ2v) is 18.1. The number of carboxylic acid groups (broad SMARTS) is 1. The van der Waals surface area contributed by atoms with E-state index in [0.717, 1.165) is 11.8 Å². The van der Waals surface area contributed by atoms with E-state index in [0.29, 0.717) is 42.9 Å². The fraction of sp³-hybridized carbons (Fsp3) is 0.615. The number of carbonyl (C=O) groups is 4. The van der Waals surface area contributed by atoms with Crippen LogP contribution in [0.2, 0.25) is 0 Å². The number of nitrogens with zero attached hydrogens (tertiary/aromatic N) is 3. The van der Waals surface area contributed by atoms with Gasteiger partial charge in [0.25, 0.3) is 11.8 Å². The maximum Gasteiger partial charge on any atom is 0.408 e. The Morgan fingerprint density at radius 3 is 2.50 bits per heavy atom. The van der Waals surface area contributed by atoms with E-state index >= 15 is 13.6 Å². The number of fused-ring (bicyclic) bond motifs is 3. The number of halogens is 2. The normalized spacial score (nSPS) is 31.8. The third-order valence-electron chi connectivity index (χ3n) is 11.9. The van der Waals surface area contributed by atoms with Crippen LogP contribution in [0.3, 0.4) is 0 Å². The van der Waals surface area contributed by atoms with E-state index in [1.54, 1.807) is 57.2 Å². The summed E-state index contributed by atoms with van der Waals surface area (Å²) in [5.74, 6) is -5.17. The van der Waals surface area contributed by atoms with Gasteiger partial charge in [-0.05, 0) is 82.1 Å². The second-order valence-electron chi connectivity index (χ2n) is 16.2. The van der Waals surface area contributed by atoms with Crippen molar-refractivity contribution in [3.63, 3.8) is 0 Å². The van der Waals surface area contributed by atoms with Gasteiger partial charge in [-0.3, -0.25) is 28.9 Å². The molecule has 4 amide bonds. The van der Waals surface area contributed by atoms with Crippen LogP contribution >= 0.6 is 0 Å². The monoisotopic (exact) mass is 803 g/mol. The molecule has 0 radical (unpaired) electrons. The summed E-state index contributed by atoms with van der Waals surface area (Å²) in [6.45, 7) is 7.92. The van der Waals surface area contributed by atoms with Gasteiger partial charge < -0.3 is 19.9 Å². The van der Waals surface area contributed by atoms with Crippen LogP contribution < -0.4 is 19.5 Å². The van der Waals surface area contributed by atoms with Crippen LogP contribution in [0.5, 0.6) is 11.8 Å². The number of nitrogens with one attached hydrogen (secondary N) is 2. The van der Waals surface area contributed by atoms with Gasteiger partial charge in [-0.25, -0.2) is 13.2 Å². The van der Waals surface area contributed by atoms with Crippen molar-refractivity contribution in [2.24, 2.45) is 17.8 Å². The molecule has 1 saturated heterocycles. The number of aromatic nitrogens is 1. The number of benzene rings is 1. The number of rotatable bonds is 9. The van der Waals surface area contributed by atoms with E-state index in [1.807, 2.05) is 13.0 Å². The summed E-state index contributed by atoms with van der Waals surface area (Å²) in [5, 5.41) is 13.3. The quantitative estimate of drug-likeness (QED) is 0.225. The van der Waals surface area contributed by atoms with Crippen molar-refractivity contribution in [3.8, 4) is 11.8 Å². The lowest BCUT2D eigenvalue weighted by atomic mass is 9.86. The molecule has 306 valence electrons. The summed E-state index contributed by atoms with van der Waals surface area (Å²) in [4.78, 5) is 61.7. The summed E-state index contributed by atoms with van der Waals surface area (Å²) in [6.07, 6.45) is 3.66. The van der Waals surface area contributed by atoms with Gasteiger partial charge in [-0.1, -0.05) is 51.1 Å². The molecule has 2 saturated carbocycles. The molecule has 3 heterocycles. The number of ether oxygens (including phenoxy) is 2. The molecule has 1 aromatic heterocycles. The van der Waals surface area contributed by atoms with Gasteiger partial charge in [0.1, 0.15) is 17.6 Å². The van der Waals surface area contributed by atoms with Crippen molar-refractivity contribution in [2.45, 2.75) is 127 Å². The Morgan fingerprint density at radius 1 is 1.16 bits per heavy atom. The molecule has 8 atom stereocenters. The molecular weight excluding hydrogens is 753 g/mol. The summed E-state index contributed by atoms with van der Waals surface area (Å²) in [7, 11) is -2.71. The van der Waals surface area contributed by atoms with Crippen LogP contribution in [0.1, 0.15) is 86.0 Å². The Labute approximate surface area is 325 Å². The Hall–Kier alpha value is -4.54. The third kappa shape index (κ3) is 7.50. The number of sulfonamides is 1. The molecule has 3 fully saturated rings. The molecule has 4 aliphatic rings. The first-order chi connectivity index (χ1) is 26.3. The van der Waals surface area contributed by atoms with Crippen LogP contribution in [-0.2, 0) is 24.4 Å². The maximum absolute atomic E-state index is 17.6. The number of carbonyl (C=O) groups excluding carboxylic acids is 3. The Kier molecular flexibility index (Phi) is 11.1. The number of allylic oxidation sites excluding steroid dienone is 1. The SMILES string of the molecule is CCC(C)N(C(=O)O)[C@@H]1C(=O)N2[C@@H](C[C@@](C)(Oc3nc(OC)cc4ccccc34)C2(F)F)C(=O)N[C@]2(C(=O)NS(=O)(=O)C3CC3)C[C@H]2/C=C\CC[C@H](C)C[C@H]1C. The van der Waals surface area contributed by atoms with E-state index < -0.39 is 92.7 Å². The van der Waals surface area contributed by atoms with Gasteiger partial charge in [0.15, 0.2) is 5.60 Å². The van der Waals surface area contributed by atoms with Crippen molar-refractivity contribution in [2.75, 3.05) is 7.11 Å². The van der Waals surface area contributed by atoms with E-state index in [9.17, 15) is 27.9 Å². The number of pyridine rings is 1. The first-order valence-corrected chi connectivity index (χ1v) is 20.7. The molecule has 17 heteroatoms. The number of amides is 4. The molecule has 14 nitrogen and oxygen atoms in total. The maximum atomic E-state index is 17.6. The summed E-state index contributed by atoms with van der Waals surface area (Å²) in [5.41, 5.74) is -4.45. The van der Waals surface area contributed by atoms with Crippen molar-refractivity contribution in [1.82, 2.24) is 24.8 Å². The third-order valence-corrected chi connectivity index (χ3v) is 13.7. The van der Waals surface area contributed by atoms with Gasteiger partial charge >= 0.3 is 12.1 Å². The second kappa shape index (κ2) is 15.1. The largest absolute Gasteiger partial charge is 0.481 e. The van der Waals surface area contributed by atoms with Crippen molar-refractivity contribution < 1.29 is 51.0 Å². The first-order valence-electron chi connectivity index (χ1n) is 19.2. The molecule has 3 N–H and O–H groups in total. The minimum Gasteiger partial charge on any atom is -0.481 e. The molecule has 1 unspecified atom stereocenters. The molecule has 56 heavy (non-hydrogen) atoms. The van der Waals surface area contributed by atoms with Crippen LogP contribution in [0.15, 0.2) is 42.5 Å². The highest BCUT2D eigenvalue weighted by Crippen LogP contribution is 2.51. The highest BCUT2D eigenvalue weighted by molar-refractivity contribution is 7.91. The Morgan fingerprint density at radius 2 is 1.86 bits per heavy atom. The Balaban J connectivity index is 1.49. The van der Waals surface area contributed by atoms with Gasteiger partial charge in [-0.15, -0.1) is 0 Å². The minimum atomic E-state index is -4.28. The van der Waals surface area contributed by atoms with Crippen LogP contribution in [0.25, 0.3) is 10.8 Å². The molecule has 0 spiro atoms. The van der Waals surface area contributed by atoms with Crippen LogP contribution in [-0.4, -0.2) is 99.8 Å². The van der Waals surface area contributed by atoms with Crippen molar-refractivity contribution in [1.29, 1.82) is 0 Å². The lowest BCUT2D eigenvalue weighted by molar-refractivity contribution is -0.219. The molecule has 0 bridgehead atoms. The average molecular weight is 804 g/mol. The van der Waals surface area contributed by atoms with Gasteiger partial charge in [0.2, 0.25) is 27.7 Å². The number of methoxy groups -OCH3 is 1. The van der Waals surface area contributed by atoms with Gasteiger partial charge in [0.05, 0.1) is 12.4 Å². The zero-order valence-electron chi connectivity index (χ0n) is 32.5. The van der Waals surface area contributed by atoms with Gasteiger partial charge in [0, 0.05) is 29.8 Å². The smallest absolute Gasteiger partial charge is 0.408 e. The summed E-state index contributed by atoms with van der Waals surface area (Å²) < 4.78 is 74.5. The molecule has 2 aliphatic heterocycles. The first kappa shape index (κ1) is 41.1. The molecule has 1 aromatic carbocycles. The highest BCUT2D eigenvalue weighted by Gasteiger charge is 2.71. The van der Waals surface area contributed by atoms with Gasteiger partial charge in [-0.2, -0.15) is 13.8 Å². The zero-order valence-corrected chi connectivity index (χ0v) is 33.3. The summed E-state index contributed by atoms with van der Waals surface area (Å²) in [6, 6.07) is -0.381. The average Bonchev–Trinajstić information content (AvgIpc) is 4.06. The van der Waals surface area contributed by atoms with Crippen LogP contribution in [0, 0.1) is 17.8 Å². The van der Waals surface area contributed by atoms with E-state index in [1.165, 1.54) is 7.11 Å². The lowest BCUT2D eigenvalue weighted by Crippen LogP contribution is -2.64. The number of hydrogen-bond donors (Lipinski definition) is 3. The van der Waals surface area contributed by atoms with E-state index in [-0.39, 0.29) is 35.4 Å². The highest BCUT2D eigenvalue weighted by atomic mass is 32.2. The molecule has 2 aromatic rings. The fourth-order valence-corrected chi connectivity index (χ4v) is 9.59. The van der Waals surface area contributed by atoms with E-state index in [2.05, 4.69) is 15.0 Å². The van der Waals surface area contributed by atoms with Crippen molar-refractivity contribution in [3.05, 3.63) is 42.5 Å². The fourth-order valence-electron chi connectivity index (χ4n) is 8.22. The topological polar surface area (TPSA) is 185 Å². The number of hydrogen-bond acceptors (Lipinski definition) is 9. The minimum absolute atomic E-state index is 0.0121. The standard InChI is InChI=1S/C39H51F2N5O9S/c1-7-24(4)45(36(50)51)31-23(3)18-22(2)12-8-10-14-26-20-38(26,35(49)44-56(52,53)27-16-17-27)43-32(47)29-21-37(5,39(40,41)46(29)34(31)48)55-33-28-15-11-9-13-25(28)19-30(42-33)54-6/h9-11,13-15,19,22-24,26-27,29,31H,7-8,12,16-18,20-21H2,1-6H3,(H,43,47)(H,44,49)(H,50,51)/b14-10-/t22-,23+,24?,26+,29-,31-,37+,38+/m0/s1.